The number of anilines is 6. The molecule has 4 aliphatic rings. The molecule has 4 heteroatoms. The minimum Gasteiger partial charge on any atom is -0.311 e. The predicted molar refractivity (Wildman–Crippen MR) is 312 cm³/mol. The summed E-state index contributed by atoms with van der Waals surface area (Å²) in [6.45, 7) is 30.3. The van der Waals surface area contributed by atoms with Crippen LogP contribution in [0.3, 0.4) is 0 Å². The van der Waals surface area contributed by atoms with E-state index < -0.39 is 5.41 Å². The van der Waals surface area contributed by atoms with Crippen LogP contribution in [0, 0.1) is 6.92 Å². The zero-order valence-corrected chi connectivity index (χ0v) is 45.2. The summed E-state index contributed by atoms with van der Waals surface area (Å²) >= 11 is 2.02. The smallest absolute Gasteiger partial charge is 0.264 e. The second kappa shape index (κ2) is 15.0. The van der Waals surface area contributed by atoms with Crippen LogP contribution in [0.25, 0.3) is 32.3 Å². The lowest BCUT2D eigenvalue weighted by Gasteiger charge is -2.44. The van der Waals surface area contributed by atoms with Crippen LogP contribution in [-0.2, 0) is 27.1 Å². The van der Waals surface area contributed by atoms with Crippen LogP contribution < -0.4 is 25.5 Å². The van der Waals surface area contributed by atoms with Crippen molar-refractivity contribution in [2.75, 3.05) is 9.80 Å². The topological polar surface area (TPSA) is 6.48 Å². The second-order valence-electron chi connectivity index (χ2n) is 25.5. The molecule has 356 valence electrons. The van der Waals surface area contributed by atoms with Gasteiger partial charge < -0.3 is 9.80 Å². The molecule has 0 saturated carbocycles. The maximum atomic E-state index is 2.65. The fraction of sp³-hybridized carbons (Fsp3) is 0.265. The molecule has 0 fully saturated rings. The molecule has 2 nitrogen and oxygen atoms in total. The SMILES string of the molecule is Cc1cc2c3c(c1)N(c1ccc(C(C)(C)C)cc1)c1c(sc4cc5c(cc14)-c1ccccc1C51c4ccccc4-c4ccc(C(C)(C)C)cc41)B3c1ccc(C(C)(C)C)cc1N2c1ccc(C(C)(C)C)cc1. The van der Waals surface area contributed by atoms with Crippen molar-refractivity contribution in [3.8, 4) is 22.3 Å². The van der Waals surface area contributed by atoms with E-state index >= 15 is 0 Å². The van der Waals surface area contributed by atoms with E-state index in [9.17, 15) is 0 Å². The van der Waals surface area contributed by atoms with Gasteiger partial charge in [0.15, 0.2) is 0 Å². The van der Waals surface area contributed by atoms with E-state index in [1.807, 2.05) is 11.3 Å². The molecule has 0 radical (unpaired) electrons. The molecule has 1 atom stereocenters. The van der Waals surface area contributed by atoms with E-state index in [1.54, 1.807) is 0 Å². The number of rotatable bonds is 2. The highest BCUT2D eigenvalue weighted by molar-refractivity contribution is 7.33. The van der Waals surface area contributed by atoms with Gasteiger partial charge in [-0.15, -0.1) is 11.3 Å². The Balaban J connectivity index is 1.13. The molecule has 13 rings (SSSR count). The van der Waals surface area contributed by atoms with Gasteiger partial charge in [0.05, 0.1) is 11.1 Å². The van der Waals surface area contributed by atoms with Crippen LogP contribution in [0.1, 0.15) is 133 Å². The number of benzene rings is 8. The van der Waals surface area contributed by atoms with Crippen LogP contribution in [0.5, 0.6) is 0 Å². The van der Waals surface area contributed by atoms with Gasteiger partial charge in [0.25, 0.3) is 6.71 Å². The van der Waals surface area contributed by atoms with Crippen molar-refractivity contribution in [3.63, 3.8) is 0 Å². The maximum absolute atomic E-state index is 2.65. The third-order valence-corrected chi connectivity index (χ3v) is 17.9. The van der Waals surface area contributed by atoms with Gasteiger partial charge in [0.1, 0.15) is 0 Å². The average molecular weight is 953 g/mol. The molecule has 0 bridgehead atoms. The van der Waals surface area contributed by atoms with Gasteiger partial charge in [0, 0.05) is 43.3 Å². The Bertz CT molecular complexity index is 3750. The molecule has 9 aromatic rings. The van der Waals surface area contributed by atoms with E-state index in [1.165, 1.54) is 132 Å². The molecule has 0 amide bonds. The Kier molecular flexibility index (Phi) is 9.42. The lowest BCUT2D eigenvalue weighted by atomic mass is 9.36. The fourth-order valence-electron chi connectivity index (χ4n) is 12.9. The summed E-state index contributed by atoms with van der Waals surface area (Å²) in [6, 6.07) is 62.4. The Morgan fingerprint density at radius 2 is 0.889 bits per heavy atom. The van der Waals surface area contributed by atoms with Crippen molar-refractivity contribution in [3.05, 3.63) is 208 Å². The molecule has 3 heterocycles. The van der Waals surface area contributed by atoms with Crippen LogP contribution >= 0.6 is 11.3 Å². The number of hydrogen-bond acceptors (Lipinski definition) is 3. The second-order valence-corrected chi connectivity index (χ2v) is 26.6. The summed E-state index contributed by atoms with van der Waals surface area (Å²) in [5, 5.41) is 1.32. The van der Waals surface area contributed by atoms with Gasteiger partial charge in [0.2, 0.25) is 0 Å². The Morgan fingerprint density at radius 3 is 1.47 bits per heavy atom. The first-order valence-electron chi connectivity index (χ1n) is 26.2. The molecule has 1 spiro atoms. The molecule has 72 heavy (non-hydrogen) atoms. The number of nitrogens with zero attached hydrogens (tertiary/aromatic N) is 2. The Morgan fingerprint density at radius 1 is 0.417 bits per heavy atom. The lowest BCUT2D eigenvalue weighted by Crippen LogP contribution is -2.60. The normalized spacial score (nSPS) is 16.4. The third-order valence-electron chi connectivity index (χ3n) is 16.7. The van der Waals surface area contributed by atoms with Gasteiger partial charge >= 0.3 is 0 Å². The summed E-state index contributed by atoms with van der Waals surface area (Å²) in [5.74, 6) is 0. The summed E-state index contributed by atoms with van der Waals surface area (Å²) in [5.41, 5.74) is 27.4. The first-order chi connectivity index (χ1) is 34.1. The van der Waals surface area contributed by atoms with Crippen molar-refractivity contribution in [2.45, 2.75) is 117 Å². The van der Waals surface area contributed by atoms with Crippen molar-refractivity contribution in [1.82, 2.24) is 0 Å². The zero-order valence-electron chi connectivity index (χ0n) is 44.4. The van der Waals surface area contributed by atoms with E-state index in [0.717, 1.165) is 0 Å². The van der Waals surface area contributed by atoms with Crippen molar-refractivity contribution in [2.24, 2.45) is 0 Å². The third kappa shape index (κ3) is 6.33. The summed E-state index contributed by atoms with van der Waals surface area (Å²) in [7, 11) is 0. The highest BCUT2D eigenvalue weighted by Gasteiger charge is 2.53. The molecular weight excluding hydrogens is 888 g/mol. The number of aryl methyl sites for hydroxylation is 1. The van der Waals surface area contributed by atoms with Gasteiger partial charge in [-0.25, -0.2) is 0 Å². The van der Waals surface area contributed by atoms with Gasteiger partial charge in [-0.3, -0.25) is 0 Å². The maximum Gasteiger partial charge on any atom is 0.264 e. The van der Waals surface area contributed by atoms with Crippen molar-refractivity contribution < 1.29 is 0 Å². The number of thiophene rings is 1. The first-order valence-corrected chi connectivity index (χ1v) is 27.0. The molecule has 1 unspecified atom stereocenters. The van der Waals surface area contributed by atoms with Crippen LogP contribution in [0.4, 0.5) is 34.1 Å². The quantitative estimate of drug-likeness (QED) is 0.159. The highest BCUT2D eigenvalue weighted by Crippen LogP contribution is 2.64. The van der Waals surface area contributed by atoms with Gasteiger partial charge in [-0.1, -0.05) is 186 Å². The van der Waals surface area contributed by atoms with Gasteiger partial charge in [-0.05, 0) is 166 Å². The minimum atomic E-state index is -0.447. The zero-order chi connectivity index (χ0) is 50.2. The van der Waals surface area contributed by atoms with Crippen LogP contribution in [0.15, 0.2) is 158 Å². The largest absolute Gasteiger partial charge is 0.311 e. The minimum absolute atomic E-state index is 0.00114. The number of fused-ring (bicyclic) bond motifs is 16. The molecular formula is C68H65BN2S. The monoisotopic (exact) mass is 952 g/mol. The first kappa shape index (κ1) is 45.3. The highest BCUT2D eigenvalue weighted by atomic mass is 32.1. The van der Waals surface area contributed by atoms with Crippen LogP contribution in [-0.4, -0.2) is 6.71 Å². The fourth-order valence-corrected chi connectivity index (χ4v) is 14.3. The predicted octanol–water partition coefficient (Wildman–Crippen LogP) is 16.8. The Labute approximate surface area is 432 Å². The molecule has 0 N–H and O–H groups in total. The molecule has 1 aromatic heterocycles. The van der Waals surface area contributed by atoms with Crippen molar-refractivity contribution in [1.29, 1.82) is 0 Å². The summed E-state index contributed by atoms with van der Waals surface area (Å²) < 4.78 is 2.74. The number of hydrogen-bond donors (Lipinski definition) is 0. The van der Waals surface area contributed by atoms with Crippen LogP contribution in [0.2, 0.25) is 0 Å². The molecule has 2 aliphatic heterocycles. The van der Waals surface area contributed by atoms with E-state index in [2.05, 4.69) is 258 Å². The van der Waals surface area contributed by atoms with E-state index in [4.69, 9.17) is 0 Å². The van der Waals surface area contributed by atoms with Gasteiger partial charge in [-0.2, -0.15) is 0 Å². The van der Waals surface area contributed by atoms with Crippen molar-refractivity contribution >= 4 is 78.0 Å². The molecule has 8 aromatic carbocycles. The van der Waals surface area contributed by atoms with E-state index in [0.29, 0.717) is 0 Å². The molecule has 2 aliphatic carbocycles. The lowest BCUT2D eigenvalue weighted by molar-refractivity contribution is 0.588. The average Bonchev–Trinajstić information content (AvgIpc) is 3.95. The molecule has 0 saturated heterocycles. The Hall–Kier alpha value is -6.62. The standard InChI is InChI=1S/C68H65BN2S/c1-40-34-58-61-59(35-40)71(46-30-24-42(25-31-46)65(5,6)7)62-51-38-50-48-19-15-17-21-53(48)68(52-20-16-14-18-47(52)49-32-26-43(36-54(49)68)66(8,9)10)55(50)39-60(51)72-63(62)69(61)56-33-27-44(67(11,12)13)37-57(56)70(58)45-28-22-41(23-29-45)64(2,3)4/h14-39H,1-13H3. The summed E-state index contributed by atoms with van der Waals surface area (Å²) in [6.07, 6.45) is 0. The summed E-state index contributed by atoms with van der Waals surface area (Å²) in [4.78, 5) is 5.24. The van der Waals surface area contributed by atoms with E-state index in [-0.39, 0.29) is 28.4 Å².